The SMILES string of the molecule is CCOCc1nc(Cl)cc(NC(C)c2nncn2C)n1. The number of nitrogens with one attached hydrogen (secondary N) is 1. The van der Waals surface area contributed by atoms with E-state index in [4.69, 9.17) is 16.3 Å². The van der Waals surface area contributed by atoms with Crippen LogP contribution in [0.25, 0.3) is 0 Å². The van der Waals surface area contributed by atoms with Crippen LogP contribution in [0, 0.1) is 0 Å². The molecule has 8 heteroatoms. The fourth-order valence-electron chi connectivity index (χ4n) is 1.77. The van der Waals surface area contributed by atoms with E-state index in [0.717, 1.165) is 5.82 Å². The van der Waals surface area contributed by atoms with Crippen LogP contribution in [-0.2, 0) is 18.4 Å². The van der Waals surface area contributed by atoms with Gasteiger partial charge in [-0.05, 0) is 13.8 Å². The Labute approximate surface area is 122 Å². The van der Waals surface area contributed by atoms with Crippen LogP contribution in [-0.4, -0.2) is 31.3 Å². The van der Waals surface area contributed by atoms with E-state index in [2.05, 4.69) is 25.5 Å². The van der Waals surface area contributed by atoms with Gasteiger partial charge in [0.05, 0.1) is 6.04 Å². The van der Waals surface area contributed by atoms with Crippen molar-refractivity contribution < 1.29 is 4.74 Å². The summed E-state index contributed by atoms with van der Waals surface area (Å²) >= 11 is 5.99. The van der Waals surface area contributed by atoms with Crippen LogP contribution >= 0.6 is 11.6 Å². The lowest BCUT2D eigenvalue weighted by Crippen LogP contribution is -2.14. The van der Waals surface area contributed by atoms with Gasteiger partial charge >= 0.3 is 0 Å². The number of hydrogen-bond donors (Lipinski definition) is 1. The molecule has 1 atom stereocenters. The third-order valence-electron chi connectivity index (χ3n) is 2.67. The molecular weight excluding hydrogens is 280 g/mol. The van der Waals surface area contributed by atoms with Crippen molar-refractivity contribution in [2.75, 3.05) is 11.9 Å². The summed E-state index contributed by atoms with van der Waals surface area (Å²) in [6, 6.07) is 1.62. The van der Waals surface area contributed by atoms with E-state index in [1.54, 1.807) is 12.4 Å². The molecule has 0 aliphatic rings. The summed E-state index contributed by atoms with van der Waals surface area (Å²) in [5.74, 6) is 1.99. The van der Waals surface area contributed by atoms with Gasteiger partial charge in [-0.1, -0.05) is 11.6 Å². The van der Waals surface area contributed by atoms with E-state index in [1.807, 2.05) is 25.5 Å². The van der Waals surface area contributed by atoms with Crippen LogP contribution < -0.4 is 5.32 Å². The minimum atomic E-state index is -0.0478. The highest BCUT2D eigenvalue weighted by molar-refractivity contribution is 6.29. The fourth-order valence-corrected chi connectivity index (χ4v) is 1.97. The standard InChI is InChI=1S/C12H17ClN6O/c1-4-20-6-11-16-9(13)5-10(17-11)15-8(2)12-18-14-7-19(12)3/h5,7-8H,4,6H2,1-3H3,(H,15,16,17). The van der Waals surface area contributed by atoms with E-state index >= 15 is 0 Å². The molecule has 0 aliphatic carbocycles. The molecule has 0 saturated carbocycles. The predicted molar refractivity (Wildman–Crippen MR) is 75.4 cm³/mol. The van der Waals surface area contributed by atoms with Gasteiger partial charge in [0.1, 0.15) is 23.9 Å². The summed E-state index contributed by atoms with van der Waals surface area (Å²) in [5, 5.41) is 11.5. The number of aryl methyl sites for hydroxylation is 1. The highest BCUT2D eigenvalue weighted by atomic mass is 35.5. The highest BCUT2D eigenvalue weighted by Gasteiger charge is 2.13. The molecule has 0 bridgehead atoms. The number of anilines is 1. The highest BCUT2D eigenvalue weighted by Crippen LogP contribution is 2.18. The van der Waals surface area contributed by atoms with Gasteiger partial charge in [0.2, 0.25) is 0 Å². The zero-order chi connectivity index (χ0) is 14.5. The van der Waals surface area contributed by atoms with E-state index in [-0.39, 0.29) is 6.04 Å². The van der Waals surface area contributed by atoms with Crippen LogP contribution in [0.15, 0.2) is 12.4 Å². The molecule has 2 heterocycles. The minimum Gasteiger partial charge on any atom is -0.374 e. The first-order chi connectivity index (χ1) is 9.60. The average Bonchev–Trinajstić information content (AvgIpc) is 2.82. The van der Waals surface area contributed by atoms with Gasteiger partial charge < -0.3 is 14.6 Å². The number of rotatable bonds is 6. The molecule has 0 fully saturated rings. The topological polar surface area (TPSA) is 77.8 Å². The molecule has 7 nitrogen and oxygen atoms in total. The molecule has 20 heavy (non-hydrogen) atoms. The van der Waals surface area contributed by atoms with Crippen LogP contribution in [0.3, 0.4) is 0 Å². The Hall–Kier alpha value is -1.73. The van der Waals surface area contributed by atoms with Crippen molar-refractivity contribution in [3.8, 4) is 0 Å². The molecule has 1 unspecified atom stereocenters. The summed E-state index contributed by atoms with van der Waals surface area (Å²) < 4.78 is 7.14. The molecule has 0 amide bonds. The molecular formula is C12H17ClN6O. The molecule has 2 rings (SSSR count). The monoisotopic (exact) mass is 296 g/mol. The molecule has 0 aliphatic heterocycles. The van der Waals surface area contributed by atoms with E-state index in [0.29, 0.717) is 30.0 Å². The van der Waals surface area contributed by atoms with Crippen molar-refractivity contribution in [1.82, 2.24) is 24.7 Å². The van der Waals surface area contributed by atoms with E-state index in [9.17, 15) is 0 Å². The molecule has 0 saturated heterocycles. The van der Waals surface area contributed by atoms with Gasteiger partial charge in [-0.3, -0.25) is 0 Å². The zero-order valence-electron chi connectivity index (χ0n) is 11.7. The van der Waals surface area contributed by atoms with Gasteiger partial charge in [0.25, 0.3) is 0 Å². The van der Waals surface area contributed by atoms with Gasteiger partial charge in [-0.2, -0.15) is 0 Å². The molecule has 2 aromatic rings. The summed E-state index contributed by atoms with van der Waals surface area (Å²) in [6.45, 7) is 4.83. The Balaban J connectivity index is 2.12. The lowest BCUT2D eigenvalue weighted by Gasteiger charge is -2.14. The molecule has 0 radical (unpaired) electrons. The van der Waals surface area contributed by atoms with Crippen molar-refractivity contribution >= 4 is 17.4 Å². The van der Waals surface area contributed by atoms with Crippen LogP contribution in [0.5, 0.6) is 0 Å². The Kier molecular flexibility index (Phi) is 4.86. The summed E-state index contributed by atoms with van der Waals surface area (Å²) in [7, 11) is 1.89. The maximum atomic E-state index is 5.99. The number of nitrogens with zero attached hydrogens (tertiary/aromatic N) is 5. The second kappa shape index (κ2) is 6.62. The third-order valence-corrected chi connectivity index (χ3v) is 2.87. The second-order valence-electron chi connectivity index (χ2n) is 4.30. The van der Waals surface area contributed by atoms with Crippen molar-refractivity contribution in [3.05, 3.63) is 29.2 Å². The molecule has 2 aromatic heterocycles. The normalized spacial score (nSPS) is 12.4. The maximum absolute atomic E-state index is 5.99. The minimum absolute atomic E-state index is 0.0478. The predicted octanol–water partition coefficient (Wildman–Crippen LogP) is 1.97. The van der Waals surface area contributed by atoms with Crippen LogP contribution in [0.2, 0.25) is 5.15 Å². The van der Waals surface area contributed by atoms with Gasteiger partial charge in [-0.15, -0.1) is 10.2 Å². The Bertz CT molecular complexity index is 573. The van der Waals surface area contributed by atoms with E-state index < -0.39 is 0 Å². The van der Waals surface area contributed by atoms with Crippen molar-refractivity contribution in [2.24, 2.45) is 7.05 Å². The maximum Gasteiger partial charge on any atom is 0.158 e. The number of aromatic nitrogens is 5. The van der Waals surface area contributed by atoms with Gasteiger partial charge in [-0.25, -0.2) is 9.97 Å². The summed E-state index contributed by atoms with van der Waals surface area (Å²) in [6.07, 6.45) is 1.65. The van der Waals surface area contributed by atoms with Crippen LogP contribution in [0.1, 0.15) is 31.5 Å². The van der Waals surface area contributed by atoms with Crippen molar-refractivity contribution in [3.63, 3.8) is 0 Å². The van der Waals surface area contributed by atoms with Gasteiger partial charge in [0, 0.05) is 19.7 Å². The average molecular weight is 297 g/mol. The number of ether oxygens (including phenoxy) is 1. The molecule has 108 valence electrons. The molecule has 0 spiro atoms. The first kappa shape index (κ1) is 14.7. The van der Waals surface area contributed by atoms with Crippen molar-refractivity contribution in [1.29, 1.82) is 0 Å². The van der Waals surface area contributed by atoms with Gasteiger partial charge in [0.15, 0.2) is 11.6 Å². The van der Waals surface area contributed by atoms with Crippen molar-refractivity contribution in [2.45, 2.75) is 26.5 Å². The lowest BCUT2D eigenvalue weighted by molar-refractivity contribution is 0.128. The largest absolute Gasteiger partial charge is 0.374 e. The Morgan fingerprint density at radius 3 is 2.90 bits per heavy atom. The smallest absolute Gasteiger partial charge is 0.158 e. The zero-order valence-corrected chi connectivity index (χ0v) is 12.4. The summed E-state index contributed by atoms with van der Waals surface area (Å²) in [5.41, 5.74) is 0. The quantitative estimate of drug-likeness (QED) is 0.821. The molecule has 1 N–H and O–H groups in total. The second-order valence-corrected chi connectivity index (χ2v) is 4.68. The fraction of sp³-hybridized carbons (Fsp3) is 0.500. The van der Waals surface area contributed by atoms with Crippen LogP contribution in [0.4, 0.5) is 5.82 Å². The van der Waals surface area contributed by atoms with E-state index in [1.165, 1.54) is 0 Å². The first-order valence-electron chi connectivity index (χ1n) is 6.31. The third kappa shape index (κ3) is 3.64. The Morgan fingerprint density at radius 2 is 2.25 bits per heavy atom. The summed E-state index contributed by atoms with van der Waals surface area (Å²) in [4.78, 5) is 8.48. The Morgan fingerprint density at radius 1 is 1.45 bits per heavy atom. The first-order valence-corrected chi connectivity index (χ1v) is 6.69. The number of hydrogen-bond acceptors (Lipinski definition) is 6. The molecule has 0 aromatic carbocycles. The number of halogens is 1. The lowest BCUT2D eigenvalue weighted by atomic mass is 10.3.